The highest BCUT2D eigenvalue weighted by Gasteiger charge is 2.29. The molecule has 0 unspecified atom stereocenters. The van der Waals surface area contributed by atoms with Crippen molar-refractivity contribution in [1.82, 2.24) is 4.98 Å². The molecule has 2 heterocycles. The highest BCUT2D eigenvalue weighted by Crippen LogP contribution is 2.32. The van der Waals surface area contributed by atoms with Crippen molar-refractivity contribution in [2.45, 2.75) is 13.0 Å². The molecule has 0 bridgehead atoms. The minimum Gasteiger partial charge on any atom is -0.384 e. The van der Waals surface area contributed by atoms with Crippen LogP contribution < -0.4 is 10.6 Å². The lowest BCUT2D eigenvalue weighted by Crippen LogP contribution is -2.26. The van der Waals surface area contributed by atoms with E-state index in [-0.39, 0.29) is 18.0 Å². The van der Waals surface area contributed by atoms with E-state index in [1.165, 1.54) is 12.1 Å². The van der Waals surface area contributed by atoms with Gasteiger partial charge >= 0.3 is 0 Å². The van der Waals surface area contributed by atoms with Crippen LogP contribution in [-0.2, 0) is 17.8 Å². The number of nitrogen functional groups attached to an aromatic ring is 1. The molecular formula is C14H12N4O3. The van der Waals surface area contributed by atoms with Gasteiger partial charge in [0.05, 0.1) is 23.6 Å². The molecule has 7 nitrogen and oxygen atoms in total. The molecule has 0 spiro atoms. The van der Waals surface area contributed by atoms with Gasteiger partial charge in [-0.15, -0.1) is 0 Å². The Labute approximate surface area is 120 Å². The smallest absolute Gasteiger partial charge is 0.269 e. The number of non-ortho nitro benzene ring substituents is 1. The predicted octanol–water partition coefficient (Wildman–Crippen LogP) is 1.66. The fraction of sp³-hybridized carbons (Fsp3) is 0.143. The number of nitrogens with zero attached hydrogens (tertiary/aromatic N) is 3. The van der Waals surface area contributed by atoms with E-state index in [9.17, 15) is 14.9 Å². The molecule has 2 aromatic rings. The van der Waals surface area contributed by atoms with Crippen LogP contribution in [0.25, 0.3) is 0 Å². The normalized spacial score (nSPS) is 13.3. The number of anilines is 2. The molecule has 106 valence electrons. The molecule has 0 saturated carbocycles. The fourth-order valence-electron chi connectivity index (χ4n) is 2.40. The third-order valence-corrected chi connectivity index (χ3v) is 3.36. The van der Waals surface area contributed by atoms with Crippen LogP contribution in [0.3, 0.4) is 0 Å². The van der Waals surface area contributed by atoms with Gasteiger partial charge in [0.15, 0.2) is 0 Å². The highest BCUT2D eigenvalue weighted by atomic mass is 16.6. The van der Waals surface area contributed by atoms with Crippen LogP contribution in [0.2, 0.25) is 0 Å². The lowest BCUT2D eigenvalue weighted by atomic mass is 10.1. The summed E-state index contributed by atoms with van der Waals surface area (Å²) in [7, 11) is 0. The lowest BCUT2D eigenvalue weighted by molar-refractivity contribution is -0.384. The van der Waals surface area contributed by atoms with Crippen LogP contribution in [-0.4, -0.2) is 15.8 Å². The second-order valence-corrected chi connectivity index (χ2v) is 4.78. The van der Waals surface area contributed by atoms with Crippen molar-refractivity contribution in [2.75, 3.05) is 10.6 Å². The molecule has 0 atom stereocenters. The van der Waals surface area contributed by atoms with Gasteiger partial charge < -0.3 is 10.6 Å². The summed E-state index contributed by atoms with van der Waals surface area (Å²) in [5.74, 6) is 0.290. The summed E-state index contributed by atoms with van der Waals surface area (Å²) in [6.45, 7) is 0.300. The number of nitro benzene ring substituents is 1. The number of benzene rings is 1. The second-order valence-electron chi connectivity index (χ2n) is 4.78. The third kappa shape index (κ3) is 2.40. The first-order valence-electron chi connectivity index (χ1n) is 6.33. The number of fused-ring (bicyclic) bond motifs is 1. The largest absolute Gasteiger partial charge is 0.384 e. The number of carbonyl (C=O) groups is 1. The Morgan fingerprint density at radius 2 is 2.14 bits per heavy atom. The summed E-state index contributed by atoms with van der Waals surface area (Å²) in [5, 5.41) is 10.8. The van der Waals surface area contributed by atoms with Crippen molar-refractivity contribution < 1.29 is 9.72 Å². The first kappa shape index (κ1) is 13.0. The van der Waals surface area contributed by atoms with E-state index in [0.717, 1.165) is 0 Å². The van der Waals surface area contributed by atoms with E-state index in [0.29, 0.717) is 29.3 Å². The summed E-state index contributed by atoms with van der Waals surface area (Å²) in [4.78, 5) is 28.1. The summed E-state index contributed by atoms with van der Waals surface area (Å²) in [6, 6.07) is 9.68. The zero-order valence-electron chi connectivity index (χ0n) is 11.0. The molecule has 0 radical (unpaired) electrons. The standard InChI is InChI=1S/C14H12N4O3/c15-13-3-1-2-10(16-13)8-17-12-5-4-11(18(20)21)6-9(12)7-14(17)19/h1-6H,7-8H2,(H2,15,16). The number of aromatic nitrogens is 1. The number of nitro groups is 1. The van der Waals surface area contributed by atoms with Crippen molar-refractivity contribution in [2.24, 2.45) is 0 Å². The van der Waals surface area contributed by atoms with E-state index in [4.69, 9.17) is 5.73 Å². The molecule has 0 aliphatic carbocycles. The van der Waals surface area contributed by atoms with Crippen LogP contribution in [0, 0.1) is 10.1 Å². The van der Waals surface area contributed by atoms with Crippen LogP contribution in [0.15, 0.2) is 36.4 Å². The quantitative estimate of drug-likeness (QED) is 0.682. The third-order valence-electron chi connectivity index (χ3n) is 3.36. The van der Waals surface area contributed by atoms with Crippen LogP contribution in [0.5, 0.6) is 0 Å². The Kier molecular flexibility index (Phi) is 3.02. The van der Waals surface area contributed by atoms with Gasteiger partial charge in [0, 0.05) is 17.8 Å². The molecule has 3 rings (SSSR count). The Morgan fingerprint density at radius 1 is 1.33 bits per heavy atom. The monoisotopic (exact) mass is 284 g/mol. The molecule has 7 heteroatoms. The number of pyridine rings is 1. The Balaban J connectivity index is 1.92. The number of carbonyl (C=O) groups excluding carboxylic acids is 1. The summed E-state index contributed by atoms with van der Waals surface area (Å²) in [6.07, 6.45) is 0.166. The highest BCUT2D eigenvalue weighted by molar-refractivity contribution is 6.01. The number of hydrogen-bond donors (Lipinski definition) is 1. The van der Waals surface area contributed by atoms with Crippen LogP contribution in [0.4, 0.5) is 17.2 Å². The topological polar surface area (TPSA) is 102 Å². The minimum atomic E-state index is -0.465. The first-order chi connectivity index (χ1) is 10.0. The van der Waals surface area contributed by atoms with E-state index in [2.05, 4.69) is 4.98 Å². The zero-order valence-corrected chi connectivity index (χ0v) is 11.0. The maximum absolute atomic E-state index is 12.1. The van der Waals surface area contributed by atoms with Gasteiger partial charge in [0.2, 0.25) is 5.91 Å². The van der Waals surface area contributed by atoms with Gasteiger partial charge in [0.25, 0.3) is 5.69 Å². The van der Waals surface area contributed by atoms with E-state index < -0.39 is 4.92 Å². The summed E-state index contributed by atoms with van der Waals surface area (Å²) in [5.41, 5.74) is 7.65. The number of amides is 1. The molecule has 1 amide bonds. The maximum Gasteiger partial charge on any atom is 0.269 e. The fourth-order valence-corrected chi connectivity index (χ4v) is 2.40. The second kappa shape index (κ2) is 4.86. The number of nitrogens with two attached hydrogens (primary N) is 1. The van der Waals surface area contributed by atoms with Crippen molar-refractivity contribution in [1.29, 1.82) is 0 Å². The predicted molar refractivity (Wildman–Crippen MR) is 76.6 cm³/mol. The van der Waals surface area contributed by atoms with Crippen molar-refractivity contribution in [3.63, 3.8) is 0 Å². The molecule has 1 aromatic heterocycles. The van der Waals surface area contributed by atoms with Crippen LogP contribution >= 0.6 is 0 Å². The number of hydrogen-bond acceptors (Lipinski definition) is 5. The molecule has 1 aromatic carbocycles. The van der Waals surface area contributed by atoms with E-state index in [1.807, 2.05) is 0 Å². The van der Waals surface area contributed by atoms with Crippen molar-refractivity contribution in [3.05, 3.63) is 57.8 Å². The van der Waals surface area contributed by atoms with Gasteiger partial charge in [-0.3, -0.25) is 14.9 Å². The molecular weight excluding hydrogens is 272 g/mol. The maximum atomic E-state index is 12.1. The molecule has 1 aliphatic rings. The molecule has 2 N–H and O–H groups in total. The Hall–Kier alpha value is -2.96. The molecule has 21 heavy (non-hydrogen) atoms. The average molecular weight is 284 g/mol. The van der Waals surface area contributed by atoms with Crippen molar-refractivity contribution >= 4 is 23.1 Å². The minimum absolute atomic E-state index is 0.00881. The zero-order chi connectivity index (χ0) is 15.0. The van der Waals surface area contributed by atoms with Gasteiger partial charge in [-0.2, -0.15) is 0 Å². The Morgan fingerprint density at radius 3 is 2.86 bits per heavy atom. The summed E-state index contributed by atoms with van der Waals surface area (Å²) < 4.78 is 0. The van der Waals surface area contributed by atoms with Crippen LogP contribution in [0.1, 0.15) is 11.3 Å². The van der Waals surface area contributed by atoms with Gasteiger partial charge in [-0.05, 0) is 23.8 Å². The van der Waals surface area contributed by atoms with E-state index in [1.54, 1.807) is 29.2 Å². The molecule has 0 fully saturated rings. The van der Waals surface area contributed by atoms with Gasteiger partial charge in [-0.25, -0.2) is 4.98 Å². The van der Waals surface area contributed by atoms with Crippen molar-refractivity contribution in [3.8, 4) is 0 Å². The summed E-state index contributed by atoms with van der Waals surface area (Å²) >= 11 is 0. The average Bonchev–Trinajstić information content (AvgIpc) is 2.74. The van der Waals surface area contributed by atoms with Gasteiger partial charge in [0.1, 0.15) is 5.82 Å². The van der Waals surface area contributed by atoms with E-state index >= 15 is 0 Å². The number of rotatable bonds is 3. The Bertz CT molecular complexity index is 745. The molecule has 1 aliphatic heterocycles. The first-order valence-corrected chi connectivity index (χ1v) is 6.33. The molecule has 0 saturated heterocycles. The SMILES string of the molecule is Nc1cccc(CN2C(=O)Cc3cc([N+](=O)[O-])ccc32)n1. The van der Waals surface area contributed by atoms with Gasteiger partial charge in [-0.1, -0.05) is 6.07 Å². The lowest BCUT2D eigenvalue weighted by Gasteiger charge is -2.17.